The molecular formula is C28H29N5O4. The maximum atomic E-state index is 13.0. The van der Waals surface area contributed by atoms with Crippen molar-refractivity contribution in [2.75, 3.05) is 22.9 Å². The highest BCUT2D eigenvalue weighted by atomic mass is 16.4. The number of anilines is 2. The van der Waals surface area contributed by atoms with Crippen LogP contribution >= 0.6 is 0 Å². The minimum absolute atomic E-state index is 0.0297. The zero-order valence-corrected chi connectivity index (χ0v) is 20.3. The molecule has 1 fully saturated rings. The van der Waals surface area contributed by atoms with E-state index < -0.39 is 12.0 Å². The van der Waals surface area contributed by atoms with Crippen LogP contribution in [0.4, 0.5) is 16.2 Å². The molecule has 0 aliphatic carbocycles. The molecule has 190 valence electrons. The first-order chi connectivity index (χ1) is 17.8. The van der Waals surface area contributed by atoms with Crippen LogP contribution in [0, 0.1) is 5.41 Å². The number of amides is 3. The van der Waals surface area contributed by atoms with Crippen LogP contribution in [-0.4, -0.2) is 48.0 Å². The lowest BCUT2D eigenvalue weighted by molar-refractivity contribution is -0.141. The fourth-order valence-corrected chi connectivity index (χ4v) is 4.25. The standard InChI is InChI=1S/C28H29N5O4/c29-26(30)21-9-13-23(14-10-21)33-17-16-32(28(33)37)22-11-6-20(7-12-22)18-24(27(35)36)31-25(34)15-8-19-4-2-1-3-5-19/h1-7,9-14,24H,8,15-18H2,(H3,29,30)(H,31,34)(H,35,36). The molecule has 1 heterocycles. The Hall–Kier alpha value is -4.66. The number of nitrogens with one attached hydrogen (secondary N) is 2. The molecule has 4 rings (SSSR count). The molecule has 3 aromatic carbocycles. The van der Waals surface area contributed by atoms with Gasteiger partial charge in [-0.3, -0.25) is 20.0 Å². The first kappa shape index (κ1) is 25.4. The van der Waals surface area contributed by atoms with Crippen LogP contribution in [0.5, 0.6) is 0 Å². The number of rotatable bonds is 10. The number of hydrogen-bond donors (Lipinski definition) is 4. The van der Waals surface area contributed by atoms with Gasteiger partial charge in [0.2, 0.25) is 5.91 Å². The molecule has 9 nitrogen and oxygen atoms in total. The molecule has 0 aromatic heterocycles. The number of aryl methyl sites for hydroxylation is 1. The van der Waals surface area contributed by atoms with E-state index in [1.54, 1.807) is 58.3 Å². The second-order valence-electron chi connectivity index (χ2n) is 8.86. The minimum Gasteiger partial charge on any atom is -0.480 e. The minimum atomic E-state index is -1.10. The number of carboxylic acids is 1. The largest absolute Gasteiger partial charge is 0.480 e. The van der Waals surface area contributed by atoms with Gasteiger partial charge in [-0.2, -0.15) is 0 Å². The zero-order valence-electron chi connectivity index (χ0n) is 20.3. The quantitative estimate of drug-likeness (QED) is 0.251. The van der Waals surface area contributed by atoms with E-state index in [0.29, 0.717) is 30.8 Å². The number of nitrogen functional groups attached to an aromatic ring is 1. The van der Waals surface area contributed by atoms with Crippen molar-refractivity contribution in [3.8, 4) is 0 Å². The molecule has 37 heavy (non-hydrogen) atoms. The molecule has 1 saturated heterocycles. The van der Waals surface area contributed by atoms with Gasteiger partial charge in [0.1, 0.15) is 11.9 Å². The van der Waals surface area contributed by atoms with E-state index in [4.69, 9.17) is 11.1 Å². The molecule has 3 aromatic rings. The highest BCUT2D eigenvalue weighted by Crippen LogP contribution is 2.26. The molecule has 1 aliphatic heterocycles. The summed E-state index contributed by atoms with van der Waals surface area (Å²) in [6.07, 6.45) is 0.877. The molecule has 1 atom stereocenters. The summed E-state index contributed by atoms with van der Waals surface area (Å²) in [5, 5.41) is 19.7. The van der Waals surface area contributed by atoms with Gasteiger partial charge in [-0.1, -0.05) is 42.5 Å². The normalized spacial score (nSPS) is 13.9. The summed E-state index contributed by atoms with van der Waals surface area (Å²) >= 11 is 0. The van der Waals surface area contributed by atoms with Gasteiger partial charge in [-0.05, 0) is 53.9 Å². The Morgan fingerprint density at radius 3 is 2.00 bits per heavy atom. The van der Waals surface area contributed by atoms with Gasteiger partial charge in [-0.25, -0.2) is 9.59 Å². The Morgan fingerprint density at radius 1 is 0.892 bits per heavy atom. The van der Waals surface area contributed by atoms with Gasteiger partial charge in [0.25, 0.3) is 0 Å². The molecule has 1 unspecified atom stereocenters. The summed E-state index contributed by atoms with van der Waals surface area (Å²) in [5.74, 6) is -1.44. The van der Waals surface area contributed by atoms with Crippen molar-refractivity contribution in [2.24, 2.45) is 5.73 Å². The molecule has 3 amide bonds. The number of amidine groups is 1. The molecule has 0 radical (unpaired) electrons. The summed E-state index contributed by atoms with van der Waals surface area (Å²) in [6, 6.07) is 22.4. The van der Waals surface area contributed by atoms with Crippen LogP contribution in [0.2, 0.25) is 0 Å². The second kappa shape index (κ2) is 11.4. The number of hydrogen-bond acceptors (Lipinski definition) is 4. The zero-order chi connectivity index (χ0) is 26.4. The highest BCUT2D eigenvalue weighted by molar-refractivity contribution is 6.06. The smallest absolute Gasteiger partial charge is 0.329 e. The van der Waals surface area contributed by atoms with Crippen LogP contribution in [0.15, 0.2) is 78.9 Å². The third-order valence-corrected chi connectivity index (χ3v) is 6.30. The summed E-state index contributed by atoms with van der Waals surface area (Å²) in [7, 11) is 0. The molecule has 9 heteroatoms. The van der Waals surface area contributed by atoms with E-state index >= 15 is 0 Å². The van der Waals surface area contributed by atoms with Crippen LogP contribution in [0.25, 0.3) is 0 Å². The van der Waals surface area contributed by atoms with E-state index in [1.165, 1.54) is 0 Å². The number of aliphatic carboxylic acids is 1. The maximum Gasteiger partial charge on any atom is 0.329 e. The molecule has 5 N–H and O–H groups in total. The Labute approximate surface area is 215 Å². The number of urea groups is 1. The summed E-state index contributed by atoms with van der Waals surface area (Å²) in [5.41, 5.74) is 9.28. The van der Waals surface area contributed by atoms with E-state index in [0.717, 1.165) is 16.8 Å². The van der Waals surface area contributed by atoms with Crippen molar-refractivity contribution in [2.45, 2.75) is 25.3 Å². The Bertz CT molecular complexity index is 1280. The molecule has 0 bridgehead atoms. The number of carbonyl (C=O) groups is 3. The summed E-state index contributed by atoms with van der Waals surface area (Å²) in [6.45, 7) is 1.01. The van der Waals surface area contributed by atoms with Gasteiger partial charge in [-0.15, -0.1) is 0 Å². The molecule has 1 aliphatic rings. The van der Waals surface area contributed by atoms with E-state index in [1.807, 2.05) is 30.3 Å². The number of benzene rings is 3. The van der Waals surface area contributed by atoms with Crippen molar-refractivity contribution >= 4 is 35.1 Å². The Balaban J connectivity index is 1.35. The molecule has 0 saturated carbocycles. The number of nitrogens with two attached hydrogens (primary N) is 1. The predicted molar refractivity (Wildman–Crippen MR) is 142 cm³/mol. The van der Waals surface area contributed by atoms with E-state index in [-0.39, 0.29) is 30.6 Å². The van der Waals surface area contributed by atoms with Gasteiger partial charge < -0.3 is 16.2 Å². The SMILES string of the molecule is N=C(N)c1ccc(N2CCN(c3ccc(CC(NC(=O)CCc4ccccc4)C(=O)O)cc3)C2=O)cc1. The summed E-state index contributed by atoms with van der Waals surface area (Å²) in [4.78, 5) is 40.4. The number of nitrogens with zero attached hydrogens (tertiary/aromatic N) is 2. The Morgan fingerprint density at radius 2 is 1.46 bits per heavy atom. The van der Waals surface area contributed by atoms with Crippen molar-refractivity contribution in [1.29, 1.82) is 5.41 Å². The lowest BCUT2D eigenvalue weighted by Gasteiger charge is -2.20. The van der Waals surface area contributed by atoms with Gasteiger partial charge in [0.15, 0.2) is 0 Å². The van der Waals surface area contributed by atoms with E-state index in [2.05, 4.69) is 5.32 Å². The molecule has 0 spiro atoms. The third kappa shape index (κ3) is 6.32. The first-order valence-corrected chi connectivity index (χ1v) is 12.0. The fourth-order valence-electron chi connectivity index (χ4n) is 4.25. The van der Waals surface area contributed by atoms with Crippen molar-refractivity contribution < 1.29 is 19.5 Å². The average molecular weight is 500 g/mol. The average Bonchev–Trinajstić information content (AvgIpc) is 3.29. The van der Waals surface area contributed by atoms with Crippen LogP contribution in [-0.2, 0) is 22.4 Å². The Kier molecular flexibility index (Phi) is 7.83. The van der Waals surface area contributed by atoms with Gasteiger partial charge in [0, 0.05) is 42.9 Å². The second-order valence-corrected chi connectivity index (χ2v) is 8.86. The first-order valence-electron chi connectivity index (χ1n) is 12.0. The lowest BCUT2D eigenvalue weighted by Crippen LogP contribution is -2.42. The topological polar surface area (TPSA) is 140 Å². The predicted octanol–water partition coefficient (Wildman–Crippen LogP) is 3.16. The van der Waals surface area contributed by atoms with Gasteiger partial charge in [0.05, 0.1) is 0 Å². The van der Waals surface area contributed by atoms with Crippen molar-refractivity contribution in [3.63, 3.8) is 0 Å². The third-order valence-electron chi connectivity index (χ3n) is 6.30. The summed E-state index contributed by atoms with van der Waals surface area (Å²) < 4.78 is 0. The van der Waals surface area contributed by atoms with Crippen molar-refractivity contribution in [1.82, 2.24) is 5.32 Å². The van der Waals surface area contributed by atoms with Crippen LogP contribution in [0.3, 0.4) is 0 Å². The number of carbonyl (C=O) groups excluding carboxylic acids is 2. The van der Waals surface area contributed by atoms with Crippen LogP contribution in [0.1, 0.15) is 23.1 Å². The van der Waals surface area contributed by atoms with Crippen molar-refractivity contribution in [3.05, 3.63) is 95.6 Å². The van der Waals surface area contributed by atoms with Gasteiger partial charge >= 0.3 is 12.0 Å². The van der Waals surface area contributed by atoms with E-state index in [9.17, 15) is 19.5 Å². The maximum absolute atomic E-state index is 13.0. The fraction of sp³-hybridized carbons (Fsp3) is 0.214. The monoisotopic (exact) mass is 499 g/mol. The van der Waals surface area contributed by atoms with Crippen LogP contribution < -0.4 is 20.9 Å². The lowest BCUT2D eigenvalue weighted by atomic mass is 10.0. The molecular weight excluding hydrogens is 470 g/mol. The highest BCUT2D eigenvalue weighted by Gasteiger charge is 2.30. The number of carboxylic acid groups (broad SMARTS) is 1.